The van der Waals surface area contributed by atoms with Crippen LogP contribution in [0.3, 0.4) is 0 Å². The molecule has 0 bridgehead atoms. The van der Waals surface area contributed by atoms with E-state index in [0.717, 1.165) is 30.8 Å². The van der Waals surface area contributed by atoms with Gasteiger partial charge in [-0.3, -0.25) is 4.79 Å². The van der Waals surface area contributed by atoms with Crippen molar-refractivity contribution >= 4 is 11.7 Å². The lowest BCUT2D eigenvalue weighted by Gasteiger charge is -2.25. The van der Waals surface area contributed by atoms with E-state index in [4.69, 9.17) is 9.47 Å². The number of hydrogen-bond acceptors (Lipinski definition) is 4. The number of anilines is 1. The second-order valence-corrected chi connectivity index (χ2v) is 5.61. The van der Waals surface area contributed by atoms with Crippen LogP contribution in [0.2, 0.25) is 0 Å². The maximum Gasteiger partial charge on any atom is 0.270 e. The molecule has 1 atom stereocenters. The molecule has 1 unspecified atom stereocenters. The fourth-order valence-corrected chi connectivity index (χ4v) is 2.47. The molecule has 1 amide bonds. The van der Waals surface area contributed by atoms with Crippen LogP contribution < -0.4 is 14.8 Å². The van der Waals surface area contributed by atoms with Gasteiger partial charge in [-0.2, -0.15) is 5.10 Å². The Hall–Kier alpha value is -2.50. The fourth-order valence-electron chi connectivity index (χ4n) is 2.47. The molecule has 0 aliphatic carbocycles. The summed E-state index contributed by atoms with van der Waals surface area (Å²) in [5, 5.41) is 7.24. The molecular weight excluding hydrogens is 294 g/mol. The van der Waals surface area contributed by atoms with Gasteiger partial charge in [-0.15, -0.1) is 0 Å². The first-order valence-electron chi connectivity index (χ1n) is 7.90. The largest absolute Gasteiger partial charge is 0.485 e. The zero-order chi connectivity index (χ0) is 16.2. The molecule has 1 aliphatic rings. The average molecular weight is 315 g/mol. The van der Waals surface area contributed by atoms with Gasteiger partial charge in [-0.05, 0) is 25.5 Å². The maximum absolute atomic E-state index is 12.5. The lowest BCUT2D eigenvalue weighted by molar-refractivity contribution is -0.125. The van der Waals surface area contributed by atoms with Crippen LogP contribution in [-0.2, 0) is 11.3 Å². The van der Waals surface area contributed by atoms with Crippen LogP contribution in [0.25, 0.3) is 0 Å². The molecule has 0 spiro atoms. The molecule has 1 aromatic heterocycles. The smallest absolute Gasteiger partial charge is 0.270 e. The Balaban J connectivity index is 1.70. The number of amides is 1. The summed E-state index contributed by atoms with van der Waals surface area (Å²) in [5.41, 5.74) is 0.937. The summed E-state index contributed by atoms with van der Waals surface area (Å²) in [6, 6.07) is 7.35. The molecule has 0 fully saturated rings. The maximum atomic E-state index is 12.5. The highest BCUT2D eigenvalue weighted by Gasteiger charge is 2.28. The summed E-state index contributed by atoms with van der Waals surface area (Å²) in [6.07, 6.45) is 3.18. The summed E-state index contributed by atoms with van der Waals surface area (Å²) in [7, 11) is 0. The number of fused-ring (bicyclic) bond motifs is 1. The second-order valence-electron chi connectivity index (χ2n) is 5.61. The van der Waals surface area contributed by atoms with E-state index in [-0.39, 0.29) is 12.5 Å². The molecule has 0 saturated heterocycles. The summed E-state index contributed by atoms with van der Waals surface area (Å²) in [5.74, 6) is 1.77. The number of carbonyl (C=O) groups excluding carboxylic acids is 1. The van der Waals surface area contributed by atoms with Gasteiger partial charge in [-0.25, -0.2) is 4.68 Å². The molecular formula is C17H21N3O3. The number of ether oxygens (including phenoxy) is 2. The van der Waals surface area contributed by atoms with Gasteiger partial charge in [0, 0.05) is 12.1 Å². The number of unbranched alkanes of at least 4 members (excludes halogenated alkanes) is 1. The Morgan fingerprint density at radius 1 is 1.39 bits per heavy atom. The van der Waals surface area contributed by atoms with Gasteiger partial charge >= 0.3 is 0 Å². The molecule has 122 valence electrons. The van der Waals surface area contributed by atoms with E-state index in [1.165, 1.54) is 0 Å². The Bertz CT molecular complexity index is 696. The summed E-state index contributed by atoms with van der Waals surface area (Å²) < 4.78 is 13.2. The SMILES string of the molecule is CCCCn1ncc(C)c1NC(=O)C1COc2ccccc2O1. The third-order valence-electron chi connectivity index (χ3n) is 3.79. The highest BCUT2D eigenvalue weighted by Crippen LogP contribution is 2.31. The van der Waals surface area contributed by atoms with Crippen molar-refractivity contribution in [2.45, 2.75) is 39.3 Å². The third-order valence-corrected chi connectivity index (χ3v) is 3.79. The van der Waals surface area contributed by atoms with Gasteiger partial charge in [-0.1, -0.05) is 25.5 Å². The molecule has 1 aliphatic heterocycles. The molecule has 2 heterocycles. The van der Waals surface area contributed by atoms with E-state index >= 15 is 0 Å². The van der Waals surface area contributed by atoms with Crippen molar-refractivity contribution < 1.29 is 14.3 Å². The van der Waals surface area contributed by atoms with Crippen molar-refractivity contribution in [1.29, 1.82) is 0 Å². The van der Waals surface area contributed by atoms with Crippen molar-refractivity contribution in [3.63, 3.8) is 0 Å². The lowest BCUT2D eigenvalue weighted by atomic mass is 10.2. The average Bonchev–Trinajstić information content (AvgIpc) is 2.92. The van der Waals surface area contributed by atoms with Gasteiger partial charge < -0.3 is 14.8 Å². The normalized spacial score (nSPS) is 16.2. The Labute approximate surface area is 135 Å². The molecule has 23 heavy (non-hydrogen) atoms. The Morgan fingerprint density at radius 3 is 2.96 bits per heavy atom. The van der Waals surface area contributed by atoms with Crippen LogP contribution in [0.1, 0.15) is 25.3 Å². The van der Waals surface area contributed by atoms with Crippen LogP contribution in [0.4, 0.5) is 5.82 Å². The Kier molecular flexibility index (Phi) is 4.50. The van der Waals surface area contributed by atoms with Crippen LogP contribution in [0.5, 0.6) is 11.5 Å². The minimum atomic E-state index is -0.668. The zero-order valence-electron chi connectivity index (χ0n) is 13.4. The van der Waals surface area contributed by atoms with E-state index in [0.29, 0.717) is 11.5 Å². The van der Waals surface area contributed by atoms with Gasteiger partial charge in [0.15, 0.2) is 11.5 Å². The predicted molar refractivity (Wildman–Crippen MR) is 86.9 cm³/mol. The van der Waals surface area contributed by atoms with Crippen LogP contribution in [-0.4, -0.2) is 28.4 Å². The zero-order valence-corrected chi connectivity index (χ0v) is 13.4. The number of hydrogen-bond donors (Lipinski definition) is 1. The number of aromatic nitrogens is 2. The monoisotopic (exact) mass is 315 g/mol. The lowest BCUT2D eigenvalue weighted by Crippen LogP contribution is -2.40. The first kappa shape index (κ1) is 15.4. The first-order valence-corrected chi connectivity index (χ1v) is 7.90. The first-order chi connectivity index (χ1) is 11.2. The van der Waals surface area contributed by atoms with Crippen molar-refractivity contribution in [2.75, 3.05) is 11.9 Å². The number of rotatable bonds is 5. The molecule has 3 rings (SSSR count). The molecule has 6 heteroatoms. The molecule has 0 radical (unpaired) electrons. The molecule has 0 saturated carbocycles. The molecule has 1 N–H and O–H groups in total. The summed E-state index contributed by atoms with van der Waals surface area (Å²) in [6.45, 7) is 5.04. The van der Waals surface area contributed by atoms with E-state index in [1.54, 1.807) is 12.3 Å². The summed E-state index contributed by atoms with van der Waals surface area (Å²) in [4.78, 5) is 12.5. The quantitative estimate of drug-likeness (QED) is 0.921. The van der Waals surface area contributed by atoms with Crippen molar-refractivity contribution in [3.8, 4) is 11.5 Å². The van der Waals surface area contributed by atoms with Gasteiger partial charge in [0.25, 0.3) is 5.91 Å². The van der Waals surface area contributed by atoms with Crippen molar-refractivity contribution in [2.24, 2.45) is 0 Å². The van der Waals surface area contributed by atoms with E-state index in [1.807, 2.05) is 29.8 Å². The second kappa shape index (κ2) is 6.73. The minimum Gasteiger partial charge on any atom is -0.485 e. The number of para-hydroxylation sites is 2. The highest BCUT2D eigenvalue weighted by atomic mass is 16.6. The standard InChI is InChI=1S/C17H21N3O3/c1-3-4-9-20-16(12(2)10-18-20)19-17(21)15-11-22-13-7-5-6-8-14(13)23-15/h5-8,10,15H,3-4,9,11H2,1-2H3,(H,19,21). The fraction of sp³-hybridized carbons (Fsp3) is 0.412. The van der Waals surface area contributed by atoms with E-state index in [9.17, 15) is 4.79 Å². The molecule has 6 nitrogen and oxygen atoms in total. The van der Waals surface area contributed by atoms with E-state index < -0.39 is 6.10 Å². The highest BCUT2D eigenvalue weighted by molar-refractivity contribution is 5.94. The number of benzene rings is 1. The van der Waals surface area contributed by atoms with Gasteiger partial charge in [0.2, 0.25) is 6.10 Å². The van der Waals surface area contributed by atoms with Crippen molar-refractivity contribution in [1.82, 2.24) is 9.78 Å². The minimum absolute atomic E-state index is 0.199. The van der Waals surface area contributed by atoms with Gasteiger partial charge in [0.05, 0.1) is 6.20 Å². The van der Waals surface area contributed by atoms with E-state index in [2.05, 4.69) is 17.3 Å². The number of nitrogens with one attached hydrogen (secondary N) is 1. The van der Waals surface area contributed by atoms with Crippen molar-refractivity contribution in [3.05, 3.63) is 36.0 Å². The topological polar surface area (TPSA) is 65.4 Å². The number of aryl methyl sites for hydroxylation is 2. The van der Waals surface area contributed by atoms with Crippen LogP contribution >= 0.6 is 0 Å². The number of nitrogens with zero attached hydrogens (tertiary/aromatic N) is 2. The summed E-state index contributed by atoms with van der Waals surface area (Å²) >= 11 is 0. The van der Waals surface area contributed by atoms with Gasteiger partial charge in [0.1, 0.15) is 12.4 Å². The Morgan fingerprint density at radius 2 is 2.17 bits per heavy atom. The molecule has 1 aromatic carbocycles. The predicted octanol–water partition coefficient (Wildman–Crippen LogP) is 2.77. The molecule has 2 aromatic rings. The van der Waals surface area contributed by atoms with Crippen LogP contribution in [0.15, 0.2) is 30.5 Å². The number of carbonyl (C=O) groups is 1. The third kappa shape index (κ3) is 3.31. The van der Waals surface area contributed by atoms with Crippen LogP contribution in [0, 0.1) is 6.92 Å².